The Bertz CT molecular complexity index is 3310. The van der Waals surface area contributed by atoms with E-state index in [0.29, 0.717) is 0 Å². The molecule has 70 heavy (non-hydrogen) atoms. The van der Waals surface area contributed by atoms with Gasteiger partial charge in [0, 0.05) is 33.7 Å². The highest BCUT2D eigenvalue weighted by Gasteiger charge is 2.37. The molecule has 326 valence electrons. The van der Waals surface area contributed by atoms with Crippen LogP contribution in [0.1, 0.15) is 61.6 Å². The molecule has 0 atom stereocenters. The highest BCUT2D eigenvalue weighted by molar-refractivity contribution is 6.30. The van der Waals surface area contributed by atoms with Gasteiger partial charge in [-0.1, -0.05) is 241 Å². The van der Waals surface area contributed by atoms with Gasteiger partial charge in [0.25, 0.3) is 0 Å². The van der Waals surface area contributed by atoms with Gasteiger partial charge in [-0.2, -0.15) is 0 Å². The van der Waals surface area contributed by atoms with Crippen LogP contribution in [-0.4, -0.2) is 0 Å². The maximum atomic E-state index is 3.45. The number of allylic oxidation sites excluding steroid dienone is 24. The molecule has 11 rings (SSSR count). The fraction of sp³-hybridized carbons (Fsp3) is 0.0857. The van der Waals surface area contributed by atoms with Crippen LogP contribution in [0.4, 0.5) is 0 Å². The van der Waals surface area contributed by atoms with Crippen LogP contribution in [-0.2, 0) is 0 Å². The minimum Gasteiger partial charge on any atom is -0.0861 e. The van der Waals surface area contributed by atoms with E-state index in [4.69, 9.17) is 0 Å². The summed E-state index contributed by atoms with van der Waals surface area (Å²) >= 11 is 0. The summed E-state index contributed by atoms with van der Waals surface area (Å²) in [6.45, 7) is 0. The molecule has 6 aliphatic rings. The van der Waals surface area contributed by atoms with Gasteiger partial charge < -0.3 is 0 Å². The summed E-state index contributed by atoms with van der Waals surface area (Å²) in [5, 5.41) is 0. The Labute approximate surface area is 413 Å². The van der Waals surface area contributed by atoms with Crippen molar-refractivity contribution in [3.8, 4) is 59.2 Å². The van der Waals surface area contributed by atoms with Crippen molar-refractivity contribution in [3.05, 3.63) is 298 Å². The van der Waals surface area contributed by atoms with Crippen LogP contribution in [0.3, 0.4) is 0 Å². The molecule has 0 saturated carbocycles. The molecule has 0 heterocycles. The van der Waals surface area contributed by atoms with Crippen molar-refractivity contribution in [3.63, 3.8) is 0 Å². The summed E-state index contributed by atoms with van der Waals surface area (Å²) in [6, 6.07) is 44.3. The molecule has 5 aromatic rings. The number of hydrogen-bond donors (Lipinski definition) is 0. The molecular weight excluding hydrogens is 841 g/mol. The fourth-order valence-electron chi connectivity index (χ4n) is 9.40. The van der Waals surface area contributed by atoms with Crippen molar-refractivity contribution >= 4 is 22.3 Å². The van der Waals surface area contributed by atoms with E-state index in [1.54, 1.807) is 0 Å². The lowest BCUT2D eigenvalue weighted by molar-refractivity contribution is 1.13. The van der Waals surface area contributed by atoms with Crippen molar-refractivity contribution in [1.29, 1.82) is 0 Å². The van der Waals surface area contributed by atoms with Crippen LogP contribution in [0, 0.1) is 88.8 Å². The van der Waals surface area contributed by atoms with Crippen LogP contribution >= 0.6 is 0 Å². The fourth-order valence-corrected chi connectivity index (χ4v) is 9.40. The van der Waals surface area contributed by atoms with E-state index in [1.807, 2.05) is 0 Å². The third-order valence-corrected chi connectivity index (χ3v) is 13.0. The molecule has 0 saturated heterocycles. The van der Waals surface area contributed by atoms with Gasteiger partial charge in [0.1, 0.15) is 0 Å². The zero-order valence-corrected chi connectivity index (χ0v) is 38.6. The highest BCUT2D eigenvalue weighted by Crippen LogP contribution is 2.58. The minimum atomic E-state index is -0.162. The van der Waals surface area contributed by atoms with Crippen molar-refractivity contribution in [1.82, 2.24) is 0 Å². The second kappa shape index (κ2) is 20.3. The molecule has 0 aliphatic heterocycles. The summed E-state index contributed by atoms with van der Waals surface area (Å²) < 4.78 is 0. The van der Waals surface area contributed by atoms with Gasteiger partial charge in [-0.25, -0.2) is 0 Å². The first-order valence-corrected chi connectivity index (χ1v) is 24.0. The molecule has 0 unspecified atom stereocenters. The van der Waals surface area contributed by atoms with Crippen molar-refractivity contribution in [2.75, 3.05) is 0 Å². The lowest BCUT2D eigenvalue weighted by Gasteiger charge is -2.22. The van der Waals surface area contributed by atoms with E-state index in [2.05, 4.69) is 302 Å². The highest BCUT2D eigenvalue weighted by atomic mass is 14.4. The van der Waals surface area contributed by atoms with Crippen molar-refractivity contribution in [2.24, 2.45) is 29.6 Å². The monoisotopic (exact) mass is 886 g/mol. The van der Waals surface area contributed by atoms with E-state index in [9.17, 15) is 0 Å². The predicted molar refractivity (Wildman–Crippen MR) is 292 cm³/mol. The molecule has 5 aromatic carbocycles. The van der Waals surface area contributed by atoms with E-state index in [0.717, 1.165) is 50.1 Å². The number of rotatable bonds is 5. The average Bonchev–Trinajstić information content (AvgIpc) is 4.28. The Hall–Kier alpha value is -9.22. The van der Waals surface area contributed by atoms with Gasteiger partial charge in [0.15, 0.2) is 0 Å². The smallest absolute Gasteiger partial charge is 0.0573 e. The van der Waals surface area contributed by atoms with E-state index in [-0.39, 0.29) is 35.5 Å². The predicted octanol–water partition coefficient (Wildman–Crippen LogP) is 14.5. The average molecular weight is 887 g/mol. The lowest BCUT2D eigenvalue weighted by atomic mass is 9.80. The first kappa shape index (κ1) is 43.4. The number of hydrogen-bond acceptors (Lipinski definition) is 0. The largest absolute Gasteiger partial charge is 0.0861 e. The summed E-state index contributed by atoms with van der Waals surface area (Å²) in [7, 11) is 0. The summed E-state index contributed by atoms with van der Waals surface area (Å²) in [6.07, 6.45) is 41.9. The zero-order chi connectivity index (χ0) is 46.9. The van der Waals surface area contributed by atoms with Gasteiger partial charge >= 0.3 is 0 Å². The third-order valence-electron chi connectivity index (χ3n) is 13.0. The van der Waals surface area contributed by atoms with E-state index >= 15 is 0 Å². The molecule has 0 radical (unpaired) electrons. The lowest BCUT2D eigenvalue weighted by Crippen LogP contribution is -2.04. The SMILES string of the molecule is C(#CC1C=CC=C1)c1ccc(C2=C(c3ccc(C#CC4C=CC=C4)cc3)C(c3ccc(C#CC4C=CC=C4)cc3)C(c3ccc(C#CC4C=CC=C4)cc3)=C2c2ccc(C#CC3C=CC=C3)cc2)cc1. The first-order chi connectivity index (χ1) is 34.7. The second-order valence-electron chi connectivity index (χ2n) is 17.8. The Morgan fingerprint density at radius 3 is 0.686 bits per heavy atom. The molecular formula is C70H46. The zero-order valence-electron chi connectivity index (χ0n) is 38.6. The third kappa shape index (κ3) is 9.90. The molecule has 0 N–H and O–H groups in total. The maximum Gasteiger partial charge on any atom is 0.0573 e. The minimum absolute atomic E-state index is 0.127. The quantitative estimate of drug-likeness (QED) is 0.154. The Balaban J connectivity index is 1.11. The van der Waals surface area contributed by atoms with Gasteiger partial charge in [-0.15, -0.1) is 0 Å². The normalized spacial score (nSPS) is 16.7. The van der Waals surface area contributed by atoms with Crippen LogP contribution in [0.25, 0.3) is 22.3 Å². The van der Waals surface area contributed by atoms with Crippen molar-refractivity contribution in [2.45, 2.75) is 5.92 Å². The molecule has 0 amide bonds. The standard InChI is InChI=1S/C70H46/c1-2-12-51(11-1)21-26-56-31-41-61(42-32-56)66-67(62-43-33-57(34-44-62)27-22-52-13-3-4-14-52)69(64-47-37-59(38-48-64)29-24-54-17-7-8-18-54)70(65-49-39-60(40-50-65)30-25-55-19-9-10-20-55)68(66)63-45-35-58(36-46-63)28-23-53-15-5-6-16-53/h1-20,31-55,66H. The summed E-state index contributed by atoms with van der Waals surface area (Å²) in [5.41, 5.74) is 15.4. The van der Waals surface area contributed by atoms with Gasteiger partial charge in [-0.3, -0.25) is 0 Å². The summed E-state index contributed by atoms with van der Waals surface area (Å²) in [5.74, 6) is 34.8. The molecule has 0 aromatic heterocycles. The Morgan fingerprint density at radius 2 is 0.443 bits per heavy atom. The molecule has 0 bridgehead atoms. The van der Waals surface area contributed by atoms with Gasteiger partial charge in [-0.05, 0) is 111 Å². The van der Waals surface area contributed by atoms with Crippen LogP contribution < -0.4 is 0 Å². The Kier molecular flexibility index (Phi) is 12.6. The molecule has 0 nitrogen and oxygen atoms in total. The summed E-state index contributed by atoms with van der Waals surface area (Å²) in [4.78, 5) is 0. The van der Waals surface area contributed by atoms with Crippen LogP contribution in [0.2, 0.25) is 0 Å². The number of benzene rings is 5. The van der Waals surface area contributed by atoms with Gasteiger partial charge in [0.05, 0.1) is 29.6 Å². The molecule has 0 fully saturated rings. The van der Waals surface area contributed by atoms with E-state index < -0.39 is 0 Å². The first-order valence-electron chi connectivity index (χ1n) is 24.0. The van der Waals surface area contributed by atoms with Crippen molar-refractivity contribution < 1.29 is 0 Å². The van der Waals surface area contributed by atoms with Gasteiger partial charge in [0.2, 0.25) is 0 Å². The Morgan fingerprint density at radius 1 is 0.229 bits per heavy atom. The molecule has 0 heteroatoms. The van der Waals surface area contributed by atoms with E-state index in [1.165, 1.54) is 27.9 Å². The maximum absolute atomic E-state index is 3.45. The topological polar surface area (TPSA) is 0 Å². The van der Waals surface area contributed by atoms with Crippen LogP contribution in [0.15, 0.2) is 243 Å². The molecule has 0 spiro atoms. The molecule has 6 aliphatic carbocycles. The van der Waals surface area contributed by atoms with Crippen LogP contribution in [0.5, 0.6) is 0 Å². The second-order valence-corrected chi connectivity index (χ2v) is 17.8.